The fraction of sp³-hybridized carbons (Fsp3) is 0.296. The lowest BCUT2D eigenvalue weighted by Gasteiger charge is -2.15. The summed E-state index contributed by atoms with van der Waals surface area (Å²) in [5.74, 6) is 0.894. The highest BCUT2D eigenvalue weighted by Gasteiger charge is 2.13. The topological polar surface area (TPSA) is 112 Å². The molecule has 0 saturated heterocycles. The number of carbonyl (C=O) groups is 1. The summed E-state index contributed by atoms with van der Waals surface area (Å²) < 4.78 is 19.1. The molecule has 8 nitrogen and oxygen atoms in total. The second kappa shape index (κ2) is 12.1. The number of nitrogens with one attached hydrogen (secondary N) is 3. The highest BCUT2D eigenvalue weighted by atomic mass is 19.1. The molecule has 1 amide bonds. The van der Waals surface area contributed by atoms with Crippen LogP contribution in [0, 0.1) is 5.82 Å². The number of carbonyl (C=O) groups excluding carboxylic acids is 1. The zero-order chi connectivity index (χ0) is 25.3. The van der Waals surface area contributed by atoms with Gasteiger partial charge in [0.25, 0.3) is 0 Å². The number of aromatic nitrogens is 3. The SMILES string of the molecule is C[C@@H](Nc1ncnc2[nH]c(-c3ccc(OCCCCCCC(=O)NO)cc3)cc12)c1ccc(F)cc1. The predicted molar refractivity (Wildman–Crippen MR) is 136 cm³/mol. The van der Waals surface area contributed by atoms with E-state index in [2.05, 4.69) is 20.3 Å². The lowest BCUT2D eigenvalue weighted by Crippen LogP contribution is -2.17. The Kier molecular flexibility index (Phi) is 8.46. The number of aromatic amines is 1. The molecule has 2 heterocycles. The monoisotopic (exact) mass is 491 g/mol. The van der Waals surface area contributed by atoms with Crippen molar-refractivity contribution in [3.63, 3.8) is 0 Å². The van der Waals surface area contributed by atoms with Gasteiger partial charge in [-0.3, -0.25) is 10.0 Å². The minimum absolute atomic E-state index is 0.0569. The first-order chi connectivity index (χ1) is 17.5. The van der Waals surface area contributed by atoms with Crippen molar-refractivity contribution in [3.05, 3.63) is 72.3 Å². The predicted octanol–water partition coefficient (Wildman–Crippen LogP) is 5.77. The number of anilines is 1. The third-order valence-electron chi connectivity index (χ3n) is 6.01. The lowest BCUT2D eigenvalue weighted by molar-refractivity contribution is -0.129. The number of benzene rings is 2. The molecule has 0 fully saturated rings. The van der Waals surface area contributed by atoms with Gasteiger partial charge in [0.1, 0.15) is 29.4 Å². The summed E-state index contributed by atoms with van der Waals surface area (Å²) in [6.45, 7) is 2.61. The molecule has 188 valence electrons. The van der Waals surface area contributed by atoms with Crippen LogP contribution in [0.2, 0.25) is 0 Å². The van der Waals surface area contributed by atoms with Crippen molar-refractivity contribution in [1.82, 2.24) is 20.4 Å². The molecule has 0 saturated carbocycles. The molecule has 9 heteroatoms. The molecule has 4 rings (SSSR count). The van der Waals surface area contributed by atoms with Crippen molar-refractivity contribution in [2.75, 3.05) is 11.9 Å². The first-order valence-corrected chi connectivity index (χ1v) is 12.1. The molecular weight excluding hydrogens is 461 g/mol. The molecule has 0 radical (unpaired) electrons. The average Bonchev–Trinajstić information content (AvgIpc) is 3.34. The number of amides is 1. The van der Waals surface area contributed by atoms with Crippen LogP contribution in [0.5, 0.6) is 5.75 Å². The summed E-state index contributed by atoms with van der Waals surface area (Å²) in [6, 6.07) is 16.3. The number of nitrogens with zero attached hydrogens (tertiary/aromatic N) is 2. The molecule has 0 unspecified atom stereocenters. The van der Waals surface area contributed by atoms with Crippen LogP contribution < -0.4 is 15.5 Å². The van der Waals surface area contributed by atoms with Crippen LogP contribution in [-0.2, 0) is 4.79 Å². The van der Waals surface area contributed by atoms with Crippen LogP contribution in [0.1, 0.15) is 50.6 Å². The average molecular weight is 492 g/mol. The Morgan fingerprint density at radius 1 is 1.06 bits per heavy atom. The molecule has 0 aliphatic carbocycles. The van der Waals surface area contributed by atoms with E-state index in [0.717, 1.165) is 59.3 Å². The number of hydrogen-bond donors (Lipinski definition) is 4. The van der Waals surface area contributed by atoms with Crippen molar-refractivity contribution in [2.45, 2.75) is 45.1 Å². The van der Waals surface area contributed by atoms with E-state index in [0.29, 0.717) is 18.8 Å². The molecule has 4 N–H and O–H groups in total. The van der Waals surface area contributed by atoms with Crippen LogP contribution in [0.3, 0.4) is 0 Å². The summed E-state index contributed by atoms with van der Waals surface area (Å²) in [7, 11) is 0. The lowest BCUT2D eigenvalue weighted by atomic mass is 10.1. The molecule has 0 spiro atoms. The number of ether oxygens (including phenoxy) is 1. The Balaban J connectivity index is 1.34. The van der Waals surface area contributed by atoms with Crippen molar-refractivity contribution in [3.8, 4) is 17.0 Å². The molecule has 4 aromatic rings. The first kappa shape index (κ1) is 25.1. The number of rotatable bonds is 12. The van der Waals surface area contributed by atoms with Crippen LogP contribution >= 0.6 is 0 Å². The molecular formula is C27H30FN5O3. The fourth-order valence-corrected chi connectivity index (χ4v) is 3.97. The molecule has 2 aromatic heterocycles. The fourth-order valence-electron chi connectivity index (χ4n) is 3.97. The van der Waals surface area contributed by atoms with Gasteiger partial charge in [-0.05, 0) is 73.4 Å². The van der Waals surface area contributed by atoms with Gasteiger partial charge in [0.05, 0.1) is 12.0 Å². The van der Waals surface area contributed by atoms with Crippen LogP contribution in [0.4, 0.5) is 10.2 Å². The Morgan fingerprint density at radius 3 is 2.56 bits per heavy atom. The highest BCUT2D eigenvalue weighted by Crippen LogP contribution is 2.29. The van der Waals surface area contributed by atoms with Gasteiger partial charge in [-0.25, -0.2) is 19.8 Å². The van der Waals surface area contributed by atoms with E-state index in [4.69, 9.17) is 9.94 Å². The number of hydrogen-bond acceptors (Lipinski definition) is 6. The van der Waals surface area contributed by atoms with E-state index >= 15 is 0 Å². The first-order valence-electron chi connectivity index (χ1n) is 12.1. The standard InChI is InChI=1S/C27H30FN5O3/c1-18(19-7-11-21(28)12-8-19)31-26-23-16-24(32-27(23)30-17-29-26)20-9-13-22(14-10-20)36-15-5-3-2-4-6-25(34)33-35/h7-14,16-18,35H,2-6,15H2,1H3,(H,33,34)(H2,29,30,31,32)/t18-/m1/s1. The number of halogens is 1. The smallest absolute Gasteiger partial charge is 0.243 e. The third kappa shape index (κ3) is 6.57. The van der Waals surface area contributed by atoms with Crippen LogP contribution in [0.25, 0.3) is 22.3 Å². The van der Waals surface area contributed by atoms with Gasteiger partial charge >= 0.3 is 0 Å². The Morgan fingerprint density at radius 2 is 1.81 bits per heavy atom. The Labute approximate surface area is 208 Å². The molecule has 2 aromatic carbocycles. The van der Waals surface area contributed by atoms with Crippen molar-refractivity contribution in [2.24, 2.45) is 0 Å². The zero-order valence-electron chi connectivity index (χ0n) is 20.1. The molecule has 0 aliphatic heterocycles. The van der Waals surface area contributed by atoms with Crippen molar-refractivity contribution < 1.29 is 19.1 Å². The summed E-state index contributed by atoms with van der Waals surface area (Å²) in [4.78, 5) is 23.1. The number of hydroxylamine groups is 1. The second-order valence-electron chi connectivity index (χ2n) is 8.66. The number of H-pyrrole nitrogens is 1. The van der Waals surface area contributed by atoms with E-state index in [1.807, 2.05) is 37.3 Å². The van der Waals surface area contributed by atoms with Crippen LogP contribution in [0.15, 0.2) is 60.9 Å². The van der Waals surface area contributed by atoms with Gasteiger partial charge in [0.15, 0.2) is 0 Å². The molecule has 0 aliphatic rings. The van der Waals surface area contributed by atoms with Gasteiger partial charge < -0.3 is 15.0 Å². The van der Waals surface area contributed by atoms with E-state index in [-0.39, 0.29) is 17.8 Å². The summed E-state index contributed by atoms with van der Waals surface area (Å²) >= 11 is 0. The number of unbranched alkanes of at least 4 members (excludes halogenated alkanes) is 3. The minimum Gasteiger partial charge on any atom is -0.494 e. The van der Waals surface area contributed by atoms with Crippen molar-refractivity contribution in [1.29, 1.82) is 0 Å². The van der Waals surface area contributed by atoms with Crippen molar-refractivity contribution >= 4 is 22.8 Å². The maximum Gasteiger partial charge on any atom is 0.243 e. The zero-order valence-corrected chi connectivity index (χ0v) is 20.1. The highest BCUT2D eigenvalue weighted by molar-refractivity contribution is 5.91. The minimum atomic E-state index is -0.347. The van der Waals surface area contributed by atoms with Crippen LogP contribution in [-0.4, -0.2) is 32.7 Å². The normalized spacial score (nSPS) is 11.9. The largest absolute Gasteiger partial charge is 0.494 e. The summed E-state index contributed by atoms with van der Waals surface area (Å²) in [5, 5.41) is 12.8. The molecule has 0 bridgehead atoms. The van der Waals surface area contributed by atoms with Gasteiger partial charge in [0.2, 0.25) is 5.91 Å². The van der Waals surface area contributed by atoms with E-state index in [1.54, 1.807) is 17.6 Å². The molecule has 1 atom stereocenters. The maximum absolute atomic E-state index is 13.3. The number of fused-ring (bicyclic) bond motifs is 1. The van der Waals surface area contributed by atoms with Gasteiger partial charge in [-0.1, -0.05) is 25.0 Å². The van der Waals surface area contributed by atoms with Gasteiger partial charge in [-0.2, -0.15) is 0 Å². The quantitative estimate of drug-likeness (QED) is 0.114. The summed E-state index contributed by atoms with van der Waals surface area (Å²) in [6.07, 6.45) is 5.37. The van der Waals surface area contributed by atoms with Gasteiger partial charge in [-0.15, -0.1) is 0 Å². The van der Waals surface area contributed by atoms with E-state index in [9.17, 15) is 9.18 Å². The van der Waals surface area contributed by atoms with E-state index in [1.165, 1.54) is 18.5 Å². The Bertz CT molecular complexity index is 1280. The Hall–Kier alpha value is -3.98. The second-order valence-corrected chi connectivity index (χ2v) is 8.66. The summed E-state index contributed by atoms with van der Waals surface area (Å²) in [5.41, 5.74) is 5.25. The van der Waals surface area contributed by atoms with Gasteiger partial charge in [0, 0.05) is 18.2 Å². The maximum atomic E-state index is 13.3. The molecule has 36 heavy (non-hydrogen) atoms. The van der Waals surface area contributed by atoms with E-state index < -0.39 is 0 Å². The third-order valence-corrected chi connectivity index (χ3v) is 6.01.